The van der Waals surface area contributed by atoms with Gasteiger partial charge in [-0.05, 0) is 18.2 Å². The molecule has 7 heteroatoms. The van der Waals surface area contributed by atoms with Crippen LogP contribution in [-0.2, 0) is 9.59 Å². The van der Waals surface area contributed by atoms with Crippen LogP contribution >= 0.6 is 0 Å². The van der Waals surface area contributed by atoms with Gasteiger partial charge in [0.15, 0.2) is 0 Å². The van der Waals surface area contributed by atoms with E-state index in [0.717, 1.165) is 18.2 Å². The number of hydrogen-bond donors (Lipinski definition) is 3. The van der Waals surface area contributed by atoms with E-state index >= 15 is 0 Å². The fraction of sp³-hybridized carbons (Fsp3) is 0. The molecule has 0 aliphatic carbocycles. The van der Waals surface area contributed by atoms with Crippen LogP contribution in [0.15, 0.2) is 30.4 Å². The fourth-order valence-corrected chi connectivity index (χ4v) is 1.08. The molecule has 0 fully saturated rings. The Morgan fingerprint density at radius 3 is 2.39 bits per heavy atom. The summed E-state index contributed by atoms with van der Waals surface area (Å²) in [6, 6.07) is 2.87. The third kappa shape index (κ3) is 3.71. The molecule has 0 aromatic heterocycles. The first-order chi connectivity index (χ1) is 8.40. The lowest BCUT2D eigenvalue weighted by atomic mass is 10.2. The molecule has 0 bridgehead atoms. The molecule has 0 spiro atoms. The quantitative estimate of drug-likeness (QED) is 0.697. The van der Waals surface area contributed by atoms with Crippen molar-refractivity contribution in [3.05, 3.63) is 41.7 Å². The summed E-state index contributed by atoms with van der Waals surface area (Å²) in [5, 5.41) is 19.0. The van der Waals surface area contributed by atoms with Gasteiger partial charge in [0.2, 0.25) is 5.91 Å². The SMILES string of the molecule is O=C(O)/C=C/C(=O)Nc1cc(C(=O)O)ccc1F. The molecule has 0 saturated heterocycles. The third-order valence-corrected chi connectivity index (χ3v) is 1.85. The Bertz CT molecular complexity index is 538. The third-order valence-electron chi connectivity index (χ3n) is 1.85. The lowest BCUT2D eigenvalue weighted by molar-refractivity contribution is -0.131. The van der Waals surface area contributed by atoms with Gasteiger partial charge in [-0.15, -0.1) is 0 Å². The average molecular weight is 253 g/mol. The highest BCUT2D eigenvalue weighted by molar-refractivity contribution is 6.03. The summed E-state index contributed by atoms with van der Waals surface area (Å²) >= 11 is 0. The van der Waals surface area contributed by atoms with Crippen LogP contribution in [0.3, 0.4) is 0 Å². The number of anilines is 1. The Balaban J connectivity index is 2.90. The van der Waals surface area contributed by atoms with Crippen LogP contribution in [0.1, 0.15) is 10.4 Å². The first kappa shape index (κ1) is 13.4. The zero-order valence-electron chi connectivity index (χ0n) is 8.88. The Morgan fingerprint density at radius 2 is 1.83 bits per heavy atom. The van der Waals surface area contributed by atoms with Crippen molar-refractivity contribution in [2.75, 3.05) is 5.32 Å². The Hall–Kier alpha value is -2.70. The first-order valence-corrected chi connectivity index (χ1v) is 4.65. The van der Waals surface area contributed by atoms with E-state index in [1.54, 1.807) is 0 Å². The summed E-state index contributed by atoms with van der Waals surface area (Å²) < 4.78 is 13.2. The van der Waals surface area contributed by atoms with Gasteiger partial charge in [-0.3, -0.25) is 4.79 Å². The smallest absolute Gasteiger partial charge is 0.335 e. The van der Waals surface area contributed by atoms with Crippen molar-refractivity contribution in [2.24, 2.45) is 0 Å². The first-order valence-electron chi connectivity index (χ1n) is 4.65. The van der Waals surface area contributed by atoms with Crippen LogP contribution in [0.4, 0.5) is 10.1 Å². The van der Waals surface area contributed by atoms with Crippen molar-refractivity contribution >= 4 is 23.5 Å². The number of carboxylic acids is 2. The van der Waals surface area contributed by atoms with Gasteiger partial charge >= 0.3 is 11.9 Å². The lowest BCUT2D eigenvalue weighted by Crippen LogP contribution is -2.11. The predicted octanol–water partition coefficient (Wildman–Crippen LogP) is 1.10. The second-order valence-electron chi connectivity index (χ2n) is 3.16. The molecule has 1 rings (SSSR count). The van der Waals surface area contributed by atoms with Gasteiger partial charge in [0.05, 0.1) is 11.3 Å². The van der Waals surface area contributed by atoms with E-state index in [0.29, 0.717) is 12.2 Å². The van der Waals surface area contributed by atoms with Gasteiger partial charge in [-0.25, -0.2) is 14.0 Å². The molecular weight excluding hydrogens is 245 g/mol. The molecule has 3 N–H and O–H groups in total. The number of carbonyl (C=O) groups excluding carboxylic acids is 1. The predicted molar refractivity (Wildman–Crippen MR) is 58.8 cm³/mol. The van der Waals surface area contributed by atoms with Gasteiger partial charge in [0.25, 0.3) is 0 Å². The Morgan fingerprint density at radius 1 is 1.17 bits per heavy atom. The Kier molecular flexibility index (Phi) is 4.14. The van der Waals surface area contributed by atoms with Crippen molar-refractivity contribution in [3.8, 4) is 0 Å². The number of carboxylic acid groups (broad SMARTS) is 2. The second-order valence-corrected chi connectivity index (χ2v) is 3.16. The van der Waals surface area contributed by atoms with Gasteiger partial charge in [-0.2, -0.15) is 0 Å². The van der Waals surface area contributed by atoms with E-state index in [1.807, 2.05) is 5.32 Å². The van der Waals surface area contributed by atoms with Crippen LogP contribution in [0.2, 0.25) is 0 Å². The lowest BCUT2D eigenvalue weighted by Gasteiger charge is -2.04. The average Bonchev–Trinajstić information content (AvgIpc) is 2.29. The zero-order chi connectivity index (χ0) is 13.7. The largest absolute Gasteiger partial charge is 0.478 e. The minimum atomic E-state index is -1.33. The molecule has 6 nitrogen and oxygen atoms in total. The van der Waals surface area contributed by atoms with E-state index in [9.17, 15) is 18.8 Å². The highest BCUT2D eigenvalue weighted by Crippen LogP contribution is 2.16. The number of halogens is 1. The number of hydrogen-bond acceptors (Lipinski definition) is 3. The highest BCUT2D eigenvalue weighted by Gasteiger charge is 2.09. The van der Waals surface area contributed by atoms with Gasteiger partial charge < -0.3 is 15.5 Å². The molecule has 18 heavy (non-hydrogen) atoms. The number of aliphatic carboxylic acids is 1. The van der Waals surface area contributed by atoms with Crippen LogP contribution < -0.4 is 5.32 Å². The summed E-state index contributed by atoms with van der Waals surface area (Å²) in [6.45, 7) is 0. The maximum Gasteiger partial charge on any atom is 0.335 e. The van der Waals surface area contributed by atoms with Crippen molar-refractivity contribution in [1.82, 2.24) is 0 Å². The van der Waals surface area contributed by atoms with E-state index in [2.05, 4.69) is 0 Å². The topological polar surface area (TPSA) is 104 Å². The maximum atomic E-state index is 13.2. The summed E-state index contributed by atoms with van der Waals surface area (Å²) in [4.78, 5) is 32.0. The van der Waals surface area contributed by atoms with Crippen molar-refractivity contribution < 1.29 is 29.0 Å². The maximum absolute atomic E-state index is 13.2. The van der Waals surface area contributed by atoms with Crippen molar-refractivity contribution in [1.29, 1.82) is 0 Å². The van der Waals surface area contributed by atoms with Crippen LogP contribution in [0, 0.1) is 5.82 Å². The van der Waals surface area contributed by atoms with E-state index in [1.165, 1.54) is 0 Å². The number of nitrogens with one attached hydrogen (secondary N) is 1. The molecule has 0 aliphatic heterocycles. The fourth-order valence-electron chi connectivity index (χ4n) is 1.08. The van der Waals surface area contributed by atoms with Crippen molar-refractivity contribution in [3.63, 3.8) is 0 Å². The van der Waals surface area contributed by atoms with Gasteiger partial charge in [0, 0.05) is 12.2 Å². The van der Waals surface area contributed by atoms with Crippen LogP contribution in [0.25, 0.3) is 0 Å². The minimum absolute atomic E-state index is 0.200. The van der Waals surface area contributed by atoms with Crippen molar-refractivity contribution in [2.45, 2.75) is 0 Å². The molecule has 0 heterocycles. The van der Waals surface area contributed by atoms with Crippen LogP contribution in [0.5, 0.6) is 0 Å². The van der Waals surface area contributed by atoms with E-state index in [-0.39, 0.29) is 11.3 Å². The van der Waals surface area contributed by atoms with Crippen LogP contribution in [-0.4, -0.2) is 28.1 Å². The molecule has 0 radical (unpaired) electrons. The molecule has 94 valence electrons. The number of carbonyl (C=O) groups is 3. The molecule has 0 unspecified atom stereocenters. The molecule has 0 saturated carbocycles. The monoisotopic (exact) mass is 253 g/mol. The van der Waals surface area contributed by atoms with Gasteiger partial charge in [0.1, 0.15) is 5.82 Å². The van der Waals surface area contributed by atoms with E-state index < -0.39 is 23.7 Å². The molecule has 1 aromatic carbocycles. The zero-order valence-corrected chi connectivity index (χ0v) is 8.88. The van der Waals surface area contributed by atoms with Gasteiger partial charge in [-0.1, -0.05) is 0 Å². The number of benzene rings is 1. The molecule has 0 atom stereocenters. The Labute approximate surface area is 100 Å². The summed E-state index contributed by atoms with van der Waals surface area (Å²) in [7, 11) is 0. The van der Waals surface area contributed by atoms with E-state index in [4.69, 9.17) is 10.2 Å². The summed E-state index contributed by atoms with van der Waals surface area (Å²) in [5.41, 5.74) is -0.538. The summed E-state index contributed by atoms with van der Waals surface area (Å²) in [6.07, 6.45) is 1.27. The molecular formula is C11H8FNO5. The highest BCUT2D eigenvalue weighted by atomic mass is 19.1. The minimum Gasteiger partial charge on any atom is -0.478 e. The second kappa shape index (κ2) is 5.58. The number of rotatable bonds is 4. The molecule has 1 aromatic rings. The summed E-state index contributed by atoms with van der Waals surface area (Å²) in [5.74, 6) is -4.30. The normalized spacial score (nSPS) is 10.3. The molecule has 1 amide bonds. The standard InChI is InChI=1S/C11H8FNO5/c12-7-2-1-6(11(17)18)5-8(7)13-9(14)3-4-10(15)16/h1-5H,(H,13,14)(H,15,16)(H,17,18)/b4-3+. The number of amides is 1. The molecule has 0 aliphatic rings. The number of aromatic carboxylic acids is 1.